The zero-order valence-corrected chi connectivity index (χ0v) is 7.05. The van der Waals surface area contributed by atoms with Crippen LogP contribution in [0.2, 0.25) is 0 Å². The van der Waals surface area contributed by atoms with Crippen LogP contribution < -0.4 is 0 Å². The smallest absolute Gasteiger partial charge is 0.139 e. The second-order valence-electron chi connectivity index (χ2n) is 3.88. The van der Waals surface area contributed by atoms with E-state index in [-0.39, 0.29) is 17.1 Å². The molecular weight excluding hydrogens is 138 g/mol. The molecule has 0 aromatic rings. The average molecular weight is 151 g/mol. The lowest BCUT2D eigenvalue weighted by atomic mass is 9.72. The minimum Gasteiger partial charge on any atom is -0.299 e. The summed E-state index contributed by atoms with van der Waals surface area (Å²) >= 11 is 0. The number of carbonyl (C=O) groups excluding carboxylic acids is 1. The van der Waals surface area contributed by atoms with Gasteiger partial charge in [-0.15, -0.1) is 0 Å². The molecule has 60 valence electrons. The van der Waals surface area contributed by atoms with Crippen LogP contribution in [0, 0.1) is 22.7 Å². The van der Waals surface area contributed by atoms with Crippen molar-refractivity contribution in [3.63, 3.8) is 0 Å². The number of ketones is 1. The molecule has 11 heavy (non-hydrogen) atoms. The van der Waals surface area contributed by atoms with E-state index in [1.165, 1.54) is 0 Å². The topological polar surface area (TPSA) is 40.9 Å². The molecule has 0 aromatic carbocycles. The highest BCUT2D eigenvalue weighted by Crippen LogP contribution is 2.34. The lowest BCUT2D eigenvalue weighted by molar-refractivity contribution is -0.130. The largest absolute Gasteiger partial charge is 0.299 e. The minimum absolute atomic E-state index is 0.0180. The van der Waals surface area contributed by atoms with Crippen LogP contribution in [-0.2, 0) is 4.79 Å². The Kier molecular flexibility index (Phi) is 1.99. The lowest BCUT2D eigenvalue weighted by Gasteiger charge is -2.29. The first-order valence-electron chi connectivity index (χ1n) is 3.99. The summed E-state index contributed by atoms with van der Waals surface area (Å²) in [5.74, 6) is 0.228. The van der Waals surface area contributed by atoms with Gasteiger partial charge in [-0.25, -0.2) is 0 Å². The van der Waals surface area contributed by atoms with Gasteiger partial charge >= 0.3 is 0 Å². The van der Waals surface area contributed by atoms with E-state index in [2.05, 4.69) is 6.07 Å². The third kappa shape index (κ3) is 1.59. The predicted octanol–water partition coefficient (Wildman–Crippen LogP) is 1.91. The molecule has 2 heteroatoms. The summed E-state index contributed by atoms with van der Waals surface area (Å²) in [6.45, 7) is 3.92. The van der Waals surface area contributed by atoms with Crippen LogP contribution in [0.1, 0.15) is 33.1 Å². The number of nitrogens with zero attached hydrogens (tertiary/aromatic N) is 1. The van der Waals surface area contributed by atoms with Gasteiger partial charge in [0.15, 0.2) is 0 Å². The van der Waals surface area contributed by atoms with Crippen LogP contribution in [-0.4, -0.2) is 5.78 Å². The van der Waals surface area contributed by atoms with Gasteiger partial charge in [0.25, 0.3) is 0 Å². The maximum atomic E-state index is 11.3. The van der Waals surface area contributed by atoms with Crippen molar-refractivity contribution in [1.29, 1.82) is 5.26 Å². The Morgan fingerprint density at radius 1 is 1.64 bits per heavy atom. The molecule has 1 aliphatic carbocycles. The first-order valence-corrected chi connectivity index (χ1v) is 3.99. The Hall–Kier alpha value is -0.840. The standard InChI is InChI=1S/C9H13NO/c1-9(2)4-3-7(6-10)5-8(9)11/h7H,3-5H2,1-2H3. The van der Waals surface area contributed by atoms with Crippen LogP contribution >= 0.6 is 0 Å². The molecule has 1 saturated carbocycles. The van der Waals surface area contributed by atoms with Gasteiger partial charge in [0.05, 0.1) is 12.0 Å². The Labute approximate surface area is 67.2 Å². The molecule has 0 amide bonds. The fraction of sp³-hybridized carbons (Fsp3) is 0.778. The second-order valence-corrected chi connectivity index (χ2v) is 3.88. The van der Waals surface area contributed by atoms with Crippen molar-refractivity contribution in [2.75, 3.05) is 0 Å². The van der Waals surface area contributed by atoms with Crippen LogP contribution in [0.15, 0.2) is 0 Å². The summed E-state index contributed by atoms with van der Waals surface area (Å²) in [5, 5.41) is 8.58. The molecule has 0 bridgehead atoms. The zero-order valence-electron chi connectivity index (χ0n) is 7.05. The van der Waals surface area contributed by atoms with Gasteiger partial charge in [0, 0.05) is 11.8 Å². The molecule has 1 atom stereocenters. The highest BCUT2D eigenvalue weighted by molar-refractivity contribution is 5.85. The summed E-state index contributed by atoms with van der Waals surface area (Å²) in [5.41, 5.74) is -0.173. The van der Waals surface area contributed by atoms with Crippen LogP contribution in [0.25, 0.3) is 0 Å². The SMILES string of the molecule is CC1(C)CCC(C#N)CC1=O. The number of nitriles is 1. The van der Waals surface area contributed by atoms with E-state index in [1.54, 1.807) is 0 Å². The van der Waals surface area contributed by atoms with Gasteiger partial charge in [-0.2, -0.15) is 5.26 Å². The van der Waals surface area contributed by atoms with Crippen molar-refractivity contribution >= 4 is 5.78 Å². The monoisotopic (exact) mass is 151 g/mol. The molecule has 1 rings (SSSR count). The first kappa shape index (κ1) is 8.26. The van der Waals surface area contributed by atoms with Crippen molar-refractivity contribution in [2.45, 2.75) is 33.1 Å². The maximum Gasteiger partial charge on any atom is 0.139 e. The van der Waals surface area contributed by atoms with Gasteiger partial charge in [0.2, 0.25) is 0 Å². The van der Waals surface area contributed by atoms with E-state index in [1.807, 2.05) is 13.8 Å². The molecule has 1 unspecified atom stereocenters. The summed E-state index contributed by atoms with van der Waals surface area (Å²) in [6, 6.07) is 2.15. The van der Waals surface area contributed by atoms with Gasteiger partial charge < -0.3 is 0 Å². The molecule has 1 aliphatic rings. The molecule has 0 radical (unpaired) electrons. The number of hydrogen-bond donors (Lipinski definition) is 0. The molecule has 0 heterocycles. The quantitative estimate of drug-likeness (QED) is 0.530. The fourth-order valence-corrected chi connectivity index (χ4v) is 1.39. The average Bonchev–Trinajstić information content (AvgIpc) is 1.95. The van der Waals surface area contributed by atoms with E-state index in [9.17, 15) is 4.79 Å². The molecule has 0 N–H and O–H groups in total. The molecular formula is C9H13NO. The molecule has 0 saturated heterocycles. The highest BCUT2D eigenvalue weighted by Gasteiger charge is 2.34. The van der Waals surface area contributed by atoms with Crippen molar-refractivity contribution in [1.82, 2.24) is 0 Å². The fourth-order valence-electron chi connectivity index (χ4n) is 1.39. The minimum atomic E-state index is -0.173. The maximum absolute atomic E-state index is 11.3. The van der Waals surface area contributed by atoms with E-state index >= 15 is 0 Å². The van der Waals surface area contributed by atoms with E-state index in [0.29, 0.717) is 6.42 Å². The molecule has 2 nitrogen and oxygen atoms in total. The number of rotatable bonds is 0. The molecule has 0 aromatic heterocycles. The summed E-state index contributed by atoms with van der Waals surface area (Å²) in [7, 11) is 0. The van der Waals surface area contributed by atoms with Crippen LogP contribution in [0.5, 0.6) is 0 Å². The van der Waals surface area contributed by atoms with Gasteiger partial charge in [-0.05, 0) is 12.8 Å². The van der Waals surface area contributed by atoms with E-state index in [4.69, 9.17) is 5.26 Å². The lowest BCUT2D eigenvalue weighted by Crippen LogP contribution is -2.31. The van der Waals surface area contributed by atoms with Crippen molar-refractivity contribution in [3.05, 3.63) is 0 Å². The van der Waals surface area contributed by atoms with Gasteiger partial charge in [0.1, 0.15) is 5.78 Å². The van der Waals surface area contributed by atoms with E-state index in [0.717, 1.165) is 12.8 Å². The third-order valence-corrected chi connectivity index (χ3v) is 2.49. The molecule has 1 fully saturated rings. The third-order valence-electron chi connectivity index (χ3n) is 2.49. The Bertz CT molecular complexity index is 212. The second kappa shape index (κ2) is 2.65. The molecule has 0 spiro atoms. The predicted molar refractivity (Wildman–Crippen MR) is 41.7 cm³/mol. The van der Waals surface area contributed by atoms with Crippen LogP contribution in [0.3, 0.4) is 0 Å². The van der Waals surface area contributed by atoms with Crippen molar-refractivity contribution in [3.8, 4) is 6.07 Å². The summed E-state index contributed by atoms with van der Waals surface area (Å²) in [6.07, 6.45) is 2.21. The number of carbonyl (C=O) groups is 1. The summed E-state index contributed by atoms with van der Waals surface area (Å²) in [4.78, 5) is 11.3. The first-order chi connectivity index (χ1) is 5.06. The number of Topliss-reactive ketones (excluding diaryl/α,β-unsaturated/α-hetero) is 1. The Balaban J connectivity index is 2.64. The van der Waals surface area contributed by atoms with Gasteiger partial charge in [-0.3, -0.25) is 4.79 Å². The normalized spacial score (nSPS) is 29.5. The zero-order chi connectivity index (χ0) is 8.48. The van der Waals surface area contributed by atoms with Crippen molar-refractivity contribution in [2.24, 2.45) is 11.3 Å². The highest BCUT2D eigenvalue weighted by atomic mass is 16.1. The molecule has 0 aliphatic heterocycles. The Morgan fingerprint density at radius 3 is 2.73 bits per heavy atom. The summed E-state index contributed by atoms with van der Waals surface area (Å²) < 4.78 is 0. The van der Waals surface area contributed by atoms with E-state index < -0.39 is 0 Å². The Morgan fingerprint density at radius 2 is 2.27 bits per heavy atom. The van der Waals surface area contributed by atoms with Crippen molar-refractivity contribution < 1.29 is 4.79 Å². The van der Waals surface area contributed by atoms with Gasteiger partial charge in [-0.1, -0.05) is 13.8 Å². The number of hydrogen-bond acceptors (Lipinski definition) is 2. The van der Waals surface area contributed by atoms with Crippen LogP contribution in [0.4, 0.5) is 0 Å².